The second-order valence-electron chi connectivity index (χ2n) is 7.60. The Kier molecular flexibility index (Phi) is 4.76. The lowest BCUT2D eigenvalue weighted by Crippen LogP contribution is -2.45. The summed E-state index contributed by atoms with van der Waals surface area (Å²) in [4.78, 5) is 6.69. The van der Waals surface area contributed by atoms with Gasteiger partial charge in [0.05, 0.1) is 5.69 Å². The molecule has 25 heavy (non-hydrogen) atoms. The number of rotatable bonds is 2. The van der Waals surface area contributed by atoms with E-state index < -0.39 is 0 Å². The molecule has 0 saturated heterocycles. The van der Waals surface area contributed by atoms with Crippen LogP contribution in [0.3, 0.4) is 0 Å². The zero-order valence-electron chi connectivity index (χ0n) is 15.4. The van der Waals surface area contributed by atoms with Gasteiger partial charge in [-0.05, 0) is 74.6 Å². The highest BCUT2D eigenvalue weighted by Gasteiger charge is 2.34. The maximum absolute atomic E-state index is 14.7. The second kappa shape index (κ2) is 6.56. The minimum atomic E-state index is -0.228. The van der Waals surface area contributed by atoms with E-state index in [2.05, 4.69) is 46.6 Å². The van der Waals surface area contributed by atoms with Gasteiger partial charge in [-0.3, -0.25) is 4.99 Å². The van der Waals surface area contributed by atoms with Gasteiger partial charge in [-0.15, -0.1) is 0 Å². The third-order valence-corrected chi connectivity index (χ3v) is 5.75. The van der Waals surface area contributed by atoms with Crippen molar-refractivity contribution in [1.82, 2.24) is 0 Å². The van der Waals surface area contributed by atoms with Crippen molar-refractivity contribution < 1.29 is 4.39 Å². The van der Waals surface area contributed by atoms with Crippen molar-refractivity contribution in [3.05, 3.63) is 57.3 Å². The number of aliphatic imine (C=N–C) groups is 1. The average Bonchev–Trinajstić information content (AvgIpc) is 2.52. The SMILES string of the molecule is Cc1cc(Br)ccc1N=Cc1cc2c(cc1F)N(C)C(C)(C)CC2C. The van der Waals surface area contributed by atoms with Crippen LogP contribution >= 0.6 is 15.9 Å². The summed E-state index contributed by atoms with van der Waals surface area (Å²) in [5, 5.41) is 0. The van der Waals surface area contributed by atoms with Gasteiger partial charge in [-0.25, -0.2) is 4.39 Å². The molecule has 0 radical (unpaired) electrons. The first kappa shape index (κ1) is 18.1. The largest absolute Gasteiger partial charge is 0.369 e. The second-order valence-corrected chi connectivity index (χ2v) is 8.51. The van der Waals surface area contributed by atoms with Gasteiger partial charge < -0.3 is 4.90 Å². The predicted molar refractivity (Wildman–Crippen MR) is 108 cm³/mol. The van der Waals surface area contributed by atoms with Crippen LogP contribution in [0, 0.1) is 12.7 Å². The van der Waals surface area contributed by atoms with Gasteiger partial charge >= 0.3 is 0 Å². The van der Waals surface area contributed by atoms with Crippen molar-refractivity contribution in [2.45, 2.75) is 45.6 Å². The highest BCUT2D eigenvalue weighted by Crippen LogP contribution is 2.43. The summed E-state index contributed by atoms with van der Waals surface area (Å²) in [6, 6.07) is 9.50. The van der Waals surface area contributed by atoms with Crippen molar-refractivity contribution in [2.24, 2.45) is 4.99 Å². The first-order valence-electron chi connectivity index (χ1n) is 8.56. The van der Waals surface area contributed by atoms with Gasteiger partial charge in [0.15, 0.2) is 0 Å². The van der Waals surface area contributed by atoms with Crippen molar-refractivity contribution in [2.75, 3.05) is 11.9 Å². The Morgan fingerprint density at radius 3 is 2.68 bits per heavy atom. The van der Waals surface area contributed by atoms with Crippen LogP contribution in [0.25, 0.3) is 0 Å². The smallest absolute Gasteiger partial charge is 0.134 e. The Balaban J connectivity index is 1.99. The first-order chi connectivity index (χ1) is 11.7. The molecule has 0 fully saturated rings. The zero-order valence-corrected chi connectivity index (χ0v) is 17.0. The zero-order chi connectivity index (χ0) is 18.4. The number of hydrogen-bond acceptors (Lipinski definition) is 2. The van der Waals surface area contributed by atoms with Crippen LogP contribution in [-0.2, 0) is 0 Å². The fraction of sp³-hybridized carbons (Fsp3) is 0.381. The van der Waals surface area contributed by atoms with Gasteiger partial charge in [0, 0.05) is 34.5 Å². The number of anilines is 1. The molecular formula is C21H24BrFN2. The molecule has 0 N–H and O–H groups in total. The Labute approximate surface area is 157 Å². The topological polar surface area (TPSA) is 15.6 Å². The Hall–Kier alpha value is -1.68. The molecule has 0 bridgehead atoms. The van der Waals surface area contributed by atoms with Gasteiger partial charge in [0.1, 0.15) is 5.82 Å². The number of benzene rings is 2. The summed E-state index contributed by atoms with van der Waals surface area (Å²) in [5.74, 6) is 0.164. The number of halogens is 2. The van der Waals surface area contributed by atoms with Crippen molar-refractivity contribution >= 4 is 33.5 Å². The van der Waals surface area contributed by atoms with Gasteiger partial charge in [0.25, 0.3) is 0 Å². The molecule has 0 aromatic heterocycles. The summed E-state index contributed by atoms with van der Waals surface area (Å²) in [6.45, 7) is 8.62. The molecular weight excluding hydrogens is 379 g/mol. The molecule has 2 aromatic carbocycles. The molecule has 2 aromatic rings. The number of hydrogen-bond donors (Lipinski definition) is 0. The maximum atomic E-state index is 14.7. The highest BCUT2D eigenvalue weighted by atomic mass is 79.9. The van der Waals surface area contributed by atoms with Crippen LogP contribution in [0.4, 0.5) is 15.8 Å². The minimum Gasteiger partial charge on any atom is -0.369 e. The molecule has 0 amide bonds. The standard InChI is InChI=1S/C21H24BrFN2/c1-13-8-16(22)6-7-19(13)24-12-15-9-17-14(2)11-21(3,4)25(5)20(17)10-18(15)23/h6-10,12,14H,11H2,1-5H3. The summed E-state index contributed by atoms with van der Waals surface area (Å²) < 4.78 is 15.7. The minimum absolute atomic E-state index is 0.0308. The summed E-state index contributed by atoms with van der Waals surface area (Å²) in [6.07, 6.45) is 2.68. The lowest BCUT2D eigenvalue weighted by molar-refractivity contribution is 0.394. The first-order valence-corrected chi connectivity index (χ1v) is 9.36. The lowest BCUT2D eigenvalue weighted by Gasteiger charge is -2.45. The van der Waals surface area contributed by atoms with E-state index in [1.54, 1.807) is 12.3 Å². The Morgan fingerprint density at radius 1 is 1.28 bits per heavy atom. The van der Waals surface area contributed by atoms with Gasteiger partial charge in [-0.2, -0.15) is 0 Å². The monoisotopic (exact) mass is 402 g/mol. The van der Waals surface area contributed by atoms with Crippen LogP contribution in [0.1, 0.15) is 49.8 Å². The molecule has 1 aliphatic rings. The van der Waals surface area contributed by atoms with E-state index in [4.69, 9.17) is 0 Å². The van der Waals surface area contributed by atoms with E-state index in [1.807, 2.05) is 38.2 Å². The quantitative estimate of drug-likeness (QED) is 0.532. The number of nitrogens with zero attached hydrogens (tertiary/aromatic N) is 2. The van der Waals surface area contributed by atoms with Crippen LogP contribution in [0.5, 0.6) is 0 Å². The molecule has 4 heteroatoms. The predicted octanol–water partition coefficient (Wildman–Crippen LogP) is 6.37. The van der Waals surface area contributed by atoms with Gasteiger partial charge in [-0.1, -0.05) is 22.9 Å². The van der Waals surface area contributed by atoms with Crippen LogP contribution in [-0.4, -0.2) is 18.8 Å². The number of fused-ring (bicyclic) bond motifs is 1. The fourth-order valence-electron chi connectivity index (χ4n) is 3.61. The van der Waals surface area contributed by atoms with Crippen LogP contribution in [0.2, 0.25) is 0 Å². The normalized spacial score (nSPS) is 19.3. The third kappa shape index (κ3) is 3.50. The Bertz CT molecular complexity index is 842. The van der Waals surface area contributed by atoms with Crippen LogP contribution < -0.4 is 4.90 Å². The van der Waals surface area contributed by atoms with E-state index in [9.17, 15) is 4.39 Å². The Morgan fingerprint density at radius 2 is 2.00 bits per heavy atom. The van der Waals surface area contributed by atoms with Crippen molar-refractivity contribution in [3.8, 4) is 0 Å². The molecule has 132 valence electrons. The lowest BCUT2D eigenvalue weighted by atomic mass is 9.80. The molecule has 3 rings (SSSR count). The fourth-order valence-corrected chi connectivity index (χ4v) is 4.08. The molecule has 1 heterocycles. The van der Waals surface area contributed by atoms with E-state index in [-0.39, 0.29) is 11.4 Å². The molecule has 1 atom stereocenters. The van der Waals surface area contributed by atoms with Crippen molar-refractivity contribution in [1.29, 1.82) is 0 Å². The van der Waals surface area contributed by atoms with E-state index >= 15 is 0 Å². The molecule has 1 aliphatic heterocycles. The van der Waals surface area contributed by atoms with Crippen LogP contribution in [0.15, 0.2) is 39.8 Å². The average molecular weight is 403 g/mol. The maximum Gasteiger partial charge on any atom is 0.134 e. The third-order valence-electron chi connectivity index (χ3n) is 5.25. The van der Waals surface area contributed by atoms with E-state index in [0.717, 1.165) is 27.8 Å². The molecule has 0 saturated carbocycles. The molecule has 1 unspecified atom stereocenters. The van der Waals surface area contributed by atoms with Gasteiger partial charge in [0.2, 0.25) is 0 Å². The van der Waals surface area contributed by atoms with E-state index in [0.29, 0.717) is 11.5 Å². The van der Waals surface area contributed by atoms with E-state index in [1.165, 1.54) is 5.56 Å². The van der Waals surface area contributed by atoms with Crippen molar-refractivity contribution in [3.63, 3.8) is 0 Å². The molecule has 0 spiro atoms. The summed E-state index contributed by atoms with van der Waals surface area (Å²) >= 11 is 3.45. The highest BCUT2D eigenvalue weighted by molar-refractivity contribution is 9.10. The molecule has 2 nitrogen and oxygen atoms in total. The number of aryl methyl sites for hydroxylation is 1. The summed E-state index contributed by atoms with van der Waals surface area (Å²) in [5.41, 5.74) is 4.66. The molecule has 0 aliphatic carbocycles. The summed E-state index contributed by atoms with van der Waals surface area (Å²) in [7, 11) is 2.04.